The average molecular weight is 350 g/mol. The van der Waals surface area contributed by atoms with E-state index in [1.165, 1.54) is 0 Å². The molecule has 0 saturated carbocycles. The predicted octanol–water partition coefficient (Wildman–Crippen LogP) is 3.77. The fourth-order valence-electron chi connectivity index (χ4n) is 2.91. The topological polar surface area (TPSA) is 63.4 Å². The van der Waals surface area contributed by atoms with Crippen LogP contribution in [0, 0.1) is 0 Å². The Morgan fingerprint density at radius 3 is 2.77 bits per heavy atom. The zero-order valence-corrected chi connectivity index (χ0v) is 14.7. The number of nitrogens with one attached hydrogen (secondary N) is 2. The van der Waals surface area contributed by atoms with Crippen LogP contribution in [0.3, 0.4) is 0 Å². The molecule has 0 bridgehead atoms. The summed E-state index contributed by atoms with van der Waals surface area (Å²) in [6.45, 7) is 4.63. The second kappa shape index (κ2) is 8.36. The van der Waals surface area contributed by atoms with Crippen molar-refractivity contribution >= 4 is 22.9 Å². The van der Waals surface area contributed by atoms with E-state index in [0.717, 1.165) is 27.9 Å². The SMILES string of the molecule is C=Cc1[nH]c2cc(OCOC)ccc2c1CCNC(=O)c1ccccc1. The molecule has 0 radical (unpaired) electrons. The smallest absolute Gasteiger partial charge is 0.251 e. The van der Waals surface area contributed by atoms with Crippen molar-refractivity contribution in [1.29, 1.82) is 0 Å². The Balaban J connectivity index is 1.72. The summed E-state index contributed by atoms with van der Waals surface area (Å²) in [5.74, 6) is 0.668. The molecule has 0 atom stereocenters. The number of aromatic amines is 1. The molecule has 3 rings (SSSR count). The third kappa shape index (κ3) is 3.95. The van der Waals surface area contributed by atoms with Crippen molar-refractivity contribution in [1.82, 2.24) is 10.3 Å². The maximum Gasteiger partial charge on any atom is 0.251 e. The van der Waals surface area contributed by atoms with E-state index in [1.807, 2.05) is 36.4 Å². The van der Waals surface area contributed by atoms with Crippen LogP contribution in [0.25, 0.3) is 17.0 Å². The van der Waals surface area contributed by atoms with Crippen molar-refractivity contribution in [2.75, 3.05) is 20.4 Å². The van der Waals surface area contributed by atoms with Gasteiger partial charge in [0.1, 0.15) is 5.75 Å². The van der Waals surface area contributed by atoms with Gasteiger partial charge >= 0.3 is 0 Å². The minimum atomic E-state index is -0.0687. The largest absolute Gasteiger partial charge is 0.467 e. The van der Waals surface area contributed by atoms with E-state index in [0.29, 0.717) is 18.5 Å². The number of hydrogen-bond acceptors (Lipinski definition) is 3. The van der Waals surface area contributed by atoms with E-state index < -0.39 is 0 Å². The number of carbonyl (C=O) groups excluding carboxylic acids is 1. The van der Waals surface area contributed by atoms with Crippen molar-refractivity contribution in [2.45, 2.75) is 6.42 Å². The first-order chi connectivity index (χ1) is 12.7. The monoisotopic (exact) mass is 350 g/mol. The van der Waals surface area contributed by atoms with E-state index in [2.05, 4.69) is 16.9 Å². The van der Waals surface area contributed by atoms with Gasteiger partial charge < -0.3 is 19.8 Å². The highest BCUT2D eigenvalue weighted by molar-refractivity contribution is 5.94. The highest BCUT2D eigenvalue weighted by Gasteiger charge is 2.11. The summed E-state index contributed by atoms with van der Waals surface area (Å²) >= 11 is 0. The molecule has 3 aromatic rings. The Morgan fingerprint density at radius 2 is 2.04 bits per heavy atom. The number of carbonyl (C=O) groups is 1. The maximum atomic E-state index is 12.2. The van der Waals surface area contributed by atoms with Crippen LogP contribution in [0.5, 0.6) is 5.75 Å². The molecule has 5 heteroatoms. The van der Waals surface area contributed by atoms with Crippen LogP contribution in [-0.4, -0.2) is 31.3 Å². The molecule has 0 aliphatic rings. The van der Waals surface area contributed by atoms with Gasteiger partial charge in [-0.1, -0.05) is 24.8 Å². The third-order valence-corrected chi connectivity index (χ3v) is 4.15. The lowest BCUT2D eigenvalue weighted by molar-refractivity contribution is 0.0512. The number of hydrogen-bond donors (Lipinski definition) is 2. The first-order valence-corrected chi connectivity index (χ1v) is 8.45. The number of methoxy groups -OCH3 is 1. The van der Waals surface area contributed by atoms with Crippen LogP contribution >= 0.6 is 0 Å². The first kappa shape index (κ1) is 17.8. The molecule has 2 N–H and O–H groups in total. The fraction of sp³-hybridized carbons (Fsp3) is 0.190. The van der Waals surface area contributed by atoms with Gasteiger partial charge in [0, 0.05) is 41.9 Å². The summed E-state index contributed by atoms with van der Waals surface area (Å²) in [7, 11) is 1.59. The van der Waals surface area contributed by atoms with Crippen LogP contribution < -0.4 is 10.1 Å². The summed E-state index contributed by atoms with van der Waals surface area (Å²) in [5.41, 5.74) is 3.72. The van der Waals surface area contributed by atoms with E-state index in [9.17, 15) is 4.79 Å². The van der Waals surface area contributed by atoms with Gasteiger partial charge in [-0.3, -0.25) is 4.79 Å². The van der Waals surface area contributed by atoms with Gasteiger partial charge in [0.2, 0.25) is 0 Å². The van der Waals surface area contributed by atoms with Gasteiger partial charge in [0.15, 0.2) is 6.79 Å². The summed E-state index contributed by atoms with van der Waals surface area (Å²) in [6, 6.07) is 15.1. The van der Waals surface area contributed by atoms with Gasteiger partial charge in [0.05, 0.1) is 0 Å². The van der Waals surface area contributed by atoms with E-state index in [4.69, 9.17) is 9.47 Å². The summed E-state index contributed by atoms with van der Waals surface area (Å²) in [4.78, 5) is 15.5. The molecule has 5 nitrogen and oxygen atoms in total. The lowest BCUT2D eigenvalue weighted by Gasteiger charge is -2.07. The molecule has 0 unspecified atom stereocenters. The maximum absolute atomic E-state index is 12.2. The van der Waals surface area contributed by atoms with E-state index in [1.54, 1.807) is 25.3 Å². The summed E-state index contributed by atoms with van der Waals surface area (Å²) < 4.78 is 10.4. The third-order valence-electron chi connectivity index (χ3n) is 4.15. The Bertz CT molecular complexity index is 900. The first-order valence-electron chi connectivity index (χ1n) is 8.45. The lowest BCUT2D eigenvalue weighted by atomic mass is 10.1. The minimum Gasteiger partial charge on any atom is -0.467 e. The van der Waals surface area contributed by atoms with Crippen molar-refractivity contribution in [3.8, 4) is 5.75 Å². The molecule has 0 aliphatic heterocycles. The normalized spacial score (nSPS) is 10.7. The molecule has 1 aromatic heterocycles. The summed E-state index contributed by atoms with van der Waals surface area (Å²) in [6.07, 6.45) is 2.50. The van der Waals surface area contributed by atoms with Crippen LogP contribution in [-0.2, 0) is 11.2 Å². The Kier molecular flexibility index (Phi) is 5.71. The zero-order chi connectivity index (χ0) is 18.4. The Morgan fingerprint density at radius 1 is 1.23 bits per heavy atom. The number of rotatable bonds is 8. The number of benzene rings is 2. The van der Waals surface area contributed by atoms with Gasteiger partial charge in [-0.2, -0.15) is 0 Å². The van der Waals surface area contributed by atoms with Gasteiger partial charge in [-0.15, -0.1) is 0 Å². The molecule has 2 aromatic carbocycles. The number of fused-ring (bicyclic) bond motifs is 1. The molecular formula is C21H22N2O3. The van der Waals surface area contributed by atoms with Crippen LogP contribution in [0.1, 0.15) is 21.6 Å². The van der Waals surface area contributed by atoms with Crippen molar-refractivity contribution in [3.63, 3.8) is 0 Å². The Hall–Kier alpha value is -3.05. The molecule has 134 valence electrons. The molecule has 26 heavy (non-hydrogen) atoms. The van der Waals surface area contributed by atoms with E-state index >= 15 is 0 Å². The standard InChI is InChI=1S/C21H22N2O3/c1-3-19-18(11-12-22-21(24)15-7-5-4-6-8-15)17-10-9-16(26-14-25-2)13-20(17)23-19/h3-10,13,23H,1,11-12,14H2,2H3,(H,22,24). The number of H-pyrrole nitrogens is 1. The van der Waals surface area contributed by atoms with Crippen LogP contribution in [0.4, 0.5) is 0 Å². The van der Waals surface area contributed by atoms with Crippen molar-refractivity contribution in [3.05, 3.63) is 71.9 Å². The van der Waals surface area contributed by atoms with Crippen LogP contribution in [0.15, 0.2) is 55.1 Å². The molecule has 0 spiro atoms. The molecule has 1 amide bonds. The number of ether oxygens (including phenoxy) is 2. The van der Waals surface area contributed by atoms with Crippen molar-refractivity contribution in [2.24, 2.45) is 0 Å². The predicted molar refractivity (Wildman–Crippen MR) is 103 cm³/mol. The summed E-state index contributed by atoms with van der Waals surface area (Å²) in [5, 5.41) is 4.06. The molecule has 0 saturated heterocycles. The van der Waals surface area contributed by atoms with E-state index in [-0.39, 0.29) is 12.7 Å². The second-order valence-electron chi connectivity index (χ2n) is 5.85. The minimum absolute atomic E-state index is 0.0687. The fourth-order valence-corrected chi connectivity index (χ4v) is 2.91. The zero-order valence-electron chi connectivity index (χ0n) is 14.7. The second-order valence-corrected chi connectivity index (χ2v) is 5.85. The molecule has 1 heterocycles. The van der Waals surface area contributed by atoms with Crippen molar-refractivity contribution < 1.29 is 14.3 Å². The highest BCUT2D eigenvalue weighted by atomic mass is 16.7. The lowest BCUT2D eigenvalue weighted by Crippen LogP contribution is -2.25. The number of aromatic nitrogens is 1. The van der Waals surface area contributed by atoms with Gasteiger partial charge in [-0.05, 0) is 42.3 Å². The van der Waals surface area contributed by atoms with Crippen LogP contribution in [0.2, 0.25) is 0 Å². The quantitative estimate of drug-likeness (QED) is 0.608. The molecule has 0 aliphatic carbocycles. The molecular weight excluding hydrogens is 328 g/mol. The molecule has 0 fully saturated rings. The van der Waals surface area contributed by atoms with Gasteiger partial charge in [-0.25, -0.2) is 0 Å². The highest BCUT2D eigenvalue weighted by Crippen LogP contribution is 2.27. The van der Waals surface area contributed by atoms with Gasteiger partial charge in [0.25, 0.3) is 5.91 Å². The average Bonchev–Trinajstić information content (AvgIpc) is 3.04. The Labute approximate surface area is 152 Å². The number of amides is 1.